The van der Waals surface area contributed by atoms with E-state index in [0.29, 0.717) is 5.56 Å². The van der Waals surface area contributed by atoms with E-state index in [1.54, 1.807) is 6.07 Å². The molecule has 0 aliphatic rings. The SMILES string of the molecule is C=CC(=O)NCc1cccc(C(F)F)c1. The molecule has 80 valence electrons. The number of hydrogen-bond donors (Lipinski definition) is 1. The quantitative estimate of drug-likeness (QED) is 0.761. The first-order valence-electron chi connectivity index (χ1n) is 4.40. The Hall–Kier alpha value is -1.71. The van der Waals surface area contributed by atoms with Crippen LogP contribution in [0.5, 0.6) is 0 Å². The van der Waals surface area contributed by atoms with Gasteiger partial charge in [-0.05, 0) is 17.7 Å². The molecule has 1 amide bonds. The van der Waals surface area contributed by atoms with E-state index in [1.807, 2.05) is 0 Å². The summed E-state index contributed by atoms with van der Waals surface area (Å²) in [5, 5.41) is 2.51. The van der Waals surface area contributed by atoms with Gasteiger partial charge in [0.1, 0.15) is 0 Å². The summed E-state index contributed by atoms with van der Waals surface area (Å²) in [5.74, 6) is -0.322. The van der Waals surface area contributed by atoms with Crippen LogP contribution < -0.4 is 5.32 Å². The number of benzene rings is 1. The van der Waals surface area contributed by atoms with E-state index in [4.69, 9.17) is 0 Å². The molecule has 0 heterocycles. The molecular weight excluding hydrogens is 200 g/mol. The first kappa shape index (κ1) is 11.4. The van der Waals surface area contributed by atoms with Gasteiger partial charge >= 0.3 is 0 Å². The van der Waals surface area contributed by atoms with Gasteiger partial charge in [0, 0.05) is 12.1 Å². The van der Waals surface area contributed by atoms with E-state index in [1.165, 1.54) is 18.2 Å². The number of hydrogen-bond acceptors (Lipinski definition) is 1. The van der Waals surface area contributed by atoms with E-state index in [0.717, 1.165) is 6.08 Å². The maximum absolute atomic E-state index is 12.3. The molecule has 0 aliphatic carbocycles. The van der Waals surface area contributed by atoms with Crippen molar-refractivity contribution in [1.29, 1.82) is 0 Å². The highest BCUT2D eigenvalue weighted by Crippen LogP contribution is 2.19. The average molecular weight is 211 g/mol. The van der Waals surface area contributed by atoms with Crippen molar-refractivity contribution in [2.24, 2.45) is 0 Å². The van der Waals surface area contributed by atoms with Crippen LogP contribution >= 0.6 is 0 Å². The van der Waals surface area contributed by atoms with Crippen LogP contribution in [0.2, 0.25) is 0 Å². The minimum atomic E-state index is -2.49. The Bertz CT molecular complexity index is 363. The number of carbonyl (C=O) groups is 1. The van der Waals surface area contributed by atoms with E-state index in [-0.39, 0.29) is 18.0 Å². The molecular formula is C11H11F2NO. The molecule has 4 heteroatoms. The monoisotopic (exact) mass is 211 g/mol. The van der Waals surface area contributed by atoms with Crippen LogP contribution in [0.15, 0.2) is 36.9 Å². The Morgan fingerprint density at radius 3 is 2.87 bits per heavy atom. The summed E-state index contributed by atoms with van der Waals surface area (Å²) in [5.41, 5.74) is 0.600. The lowest BCUT2D eigenvalue weighted by Crippen LogP contribution is -2.19. The molecule has 0 unspecified atom stereocenters. The average Bonchev–Trinajstić information content (AvgIpc) is 2.26. The minimum Gasteiger partial charge on any atom is -0.348 e. The first-order valence-corrected chi connectivity index (χ1v) is 4.40. The fourth-order valence-electron chi connectivity index (χ4n) is 1.10. The first-order chi connectivity index (χ1) is 7.13. The van der Waals surface area contributed by atoms with Gasteiger partial charge in [0.15, 0.2) is 0 Å². The highest BCUT2D eigenvalue weighted by atomic mass is 19.3. The van der Waals surface area contributed by atoms with Gasteiger partial charge < -0.3 is 5.32 Å². The van der Waals surface area contributed by atoms with Crippen LogP contribution in [0.1, 0.15) is 17.6 Å². The zero-order valence-corrected chi connectivity index (χ0v) is 8.04. The van der Waals surface area contributed by atoms with E-state index < -0.39 is 6.43 Å². The Morgan fingerprint density at radius 2 is 2.27 bits per heavy atom. The van der Waals surface area contributed by atoms with Gasteiger partial charge in [0.05, 0.1) is 0 Å². The number of halogens is 2. The summed E-state index contributed by atoms with van der Waals surface area (Å²) in [7, 11) is 0. The van der Waals surface area contributed by atoms with Gasteiger partial charge in [0.25, 0.3) is 6.43 Å². The minimum absolute atomic E-state index is 0.0413. The number of alkyl halides is 2. The van der Waals surface area contributed by atoms with Crippen LogP contribution in [-0.2, 0) is 11.3 Å². The van der Waals surface area contributed by atoms with Gasteiger partial charge in [-0.1, -0.05) is 24.8 Å². The summed E-state index contributed by atoms with van der Waals surface area (Å²) in [6.45, 7) is 3.51. The van der Waals surface area contributed by atoms with Gasteiger partial charge in [-0.15, -0.1) is 0 Å². The summed E-state index contributed by atoms with van der Waals surface area (Å²) in [6.07, 6.45) is -1.35. The zero-order valence-electron chi connectivity index (χ0n) is 8.04. The molecule has 15 heavy (non-hydrogen) atoms. The third kappa shape index (κ3) is 3.50. The number of nitrogens with one attached hydrogen (secondary N) is 1. The van der Waals surface area contributed by atoms with Crippen molar-refractivity contribution in [2.75, 3.05) is 0 Å². The standard InChI is InChI=1S/C11H11F2NO/c1-2-10(15)14-7-8-4-3-5-9(6-8)11(12)13/h2-6,11H,1,7H2,(H,14,15). The molecule has 0 aromatic heterocycles. The molecule has 0 aliphatic heterocycles. The summed E-state index contributed by atoms with van der Waals surface area (Å²) < 4.78 is 24.6. The zero-order chi connectivity index (χ0) is 11.3. The van der Waals surface area contributed by atoms with E-state index in [2.05, 4.69) is 11.9 Å². The Labute approximate surface area is 86.6 Å². The van der Waals surface area contributed by atoms with Crippen LogP contribution in [0.4, 0.5) is 8.78 Å². The molecule has 0 radical (unpaired) electrons. The van der Waals surface area contributed by atoms with Crippen molar-refractivity contribution in [3.05, 3.63) is 48.0 Å². The molecule has 2 nitrogen and oxygen atoms in total. The van der Waals surface area contributed by atoms with Gasteiger partial charge in [-0.25, -0.2) is 8.78 Å². The normalized spacial score (nSPS) is 10.1. The van der Waals surface area contributed by atoms with Crippen molar-refractivity contribution >= 4 is 5.91 Å². The lowest BCUT2D eigenvalue weighted by atomic mass is 10.1. The highest BCUT2D eigenvalue weighted by molar-refractivity contribution is 5.86. The van der Waals surface area contributed by atoms with Crippen LogP contribution in [-0.4, -0.2) is 5.91 Å². The van der Waals surface area contributed by atoms with Crippen molar-refractivity contribution in [1.82, 2.24) is 5.32 Å². The lowest BCUT2D eigenvalue weighted by molar-refractivity contribution is -0.116. The third-order valence-corrected chi connectivity index (χ3v) is 1.86. The molecule has 1 aromatic carbocycles. The second-order valence-electron chi connectivity index (χ2n) is 2.97. The largest absolute Gasteiger partial charge is 0.348 e. The fraction of sp³-hybridized carbons (Fsp3) is 0.182. The van der Waals surface area contributed by atoms with Crippen LogP contribution in [0.25, 0.3) is 0 Å². The second kappa shape index (κ2) is 5.24. The number of rotatable bonds is 4. The lowest BCUT2D eigenvalue weighted by Gasteiger charge is -2.05. The maximum atomic E-state index is 12.3. The van der Waals surface area contributed by atoms with Gasteiger partial charge in [0.2, 0.25) is 5.91 Å². The van der Waals surface area contributed by atoms with Crippen LogP contribution in [0, 0.1) is 0 Å². The molecule has 0 saturated carbocycles. The molecule has 0 atom stereocenters. The molecule has 0 bridgehead atoms. The topological polar surface area (TPSA) is 29.1 Å². The predicted octanol–water partition coefficient (Wildman–Crippen LogP) is 2.43. The Balaban J connectivity index is 2.65. The van der Waals surface area contributed by atoms with Crippen LogP contribution in [0.3, 0.4) is 0 Å². The van der Waals surface area contributed by atoms with E-state index in [9.17, 15) is 13.6 Å². The maximum Gasteiger partial charge on any atom is 0.263 e. The third-order valence-electron chi connectivity index (χ3n) is 1.86. The summed E-state index contributed by atoms with van der Waals surface area (Å²) >= 11 is 0. The van der Waals surface area contributed by atoms with Crippen molar-refractivity contribution in [3.8, 4) is 0 Å². The Morgan fingerprint density at radius 1 is 1.53 bits per heavy atom. The Kier molecular flexibility index (Phi) is 3.97. The highest BCUT2D eigenvalue weighted by Gasteiger charge is 2.06. The molecule has 1 N–H and O–H groups in total. The molecule has 0 saturated heterocycles. The number of amides is 1. The predicted molar refractivity (Wildman–Crippen MR) is 53.4 cm³/mol. The number of carbonyl (C=O) groups excluding carboxylic acids is 1. The van der Waals surface area contributed by atoms with Crippen molar-refractivity contribution in [3.63, 3.8) is 0 Å². The molecule has 1 aromatic rings. The van der Waals surface area contributed by atoms with Crippen molar-refractivity contribution in [2.45, 2.75) is 13.0 Å². The van der Waals surface area contributed by atoms with E-state index >= 15 is 0 Å². The molecule has 1 rings (SSSR count). The fourth-order valence-corrected chi connectivity index (χ4v) is 1.10. The van der Waals surface area contributed by atoms with Gasteiger partial charge in [-0.3, -0.25) is 4.79 Å². The summed E-state index contributed by atoms with van der Waals surface area (Å²) in [4.78, 5) is 10.8. The molecule has 0 fully saturated rings. The smallest absolute Gasteiger partial charge is 0.263 e. The van der Waals surface area contributed by atoms with Crippen molar-refractivity contribution < 1.29 is 13.6 Å². The second-order valence-corrected chi connectivity index (χ2v) is 2.97. The summed E-state index contributed by atoms with van der Waals surface area (Å²) in [6, 6.07) is 5.93. The molecule has 0 spiro atoms. The van der Waals surface area contributed by atoms with Gasteiger partial charge in [-0.2, -0.15) is 0 Å².